The van der Waals surface area contributed by atoms with E-state index in [1.807, 2.05) is 25.1 Å². The molecular weight excluding hydrogens is 450 g/mol. The number of hydrogen-bond acceptors (Lipinski definition) is 6. The highest BCUT2D eigenvalue weighted by Crippen LogP contribution is 2.39. The van der Waals surface area contributed by atoms with E-state index in [4.69, 9.17) is 13.6 Å². The lowest BCUT2D eigenvalue weighted by Crippen LogP contribution is -2.59. The van der Waals surface area contributed by atoms with Crippen LogP contribution in [0.3, 0.4) is 0 Å². The molecule has 1 aromatic carbocycles. The van der Waals surface area contributed by atoms with Crippen molar-refractivity contribution >= 4 is 17.7 Å². The van der Waals surface area contributed by atoms with Crippen LogP contribution < -0.4 is 5.32 Å². The van der Waals surface area contributed by atoms with Gasteiger partial charge in [-0.3, -0.25) is 19.3 Å². The van der Waals surface area contributed by atoms with Crippen LogP contribution in [0.1, 0.15) is 45.1 Å². The van der Waals surface area contributed by atoms with Gasteiger partial charge >= 0.3 is 0 Å². The summed E-state index contributed by atoms with van der Waals surface area (Å²) in [5, 5.41) is 2.86. The fraction of sp³-hybridized carbons (Fsp3) is 0.346. The zero-order valence-electron chi connectivity index (χ0n) is 19.4. The lowest BCUT2D eigenvalue weighted by molar-refractivity contribution is -0.128. The molecule has 9 heteroatoms. The van der Waals surface area contributed by atoms with Crippen LogP contribution in [-0.2, 0) is 16.1 Å². The predicted molar refractivity (Wildman–Crippen MR) is 124 cm³/mol. The third-order valence-electron chi connectivity index (χ3n) is 6.63. The van der Waals surface area contributed by atoms with Gasteiger partial charge in [-0.05, 0) is 43.3 Å². The van der Waals surface area contributed by atoms with Gasteiger partial charge in [0.25, 0.3) is 11.8 Å². The molecule has 0 bridgehead atoms. The van der Waals surface area contributed by atoms with Crippen molar-refractivity contribution in [3.05, 3.63) is 83.7 Å². The van der Waals surface area contributed by atoms with Gasteiger partial charge in [0.15, 0.2) is 5.76 Å². The number of amides is 3. The topological polar surface area (TPSA) is 105 Å². The number of aryl methyl sites for hydroxylation is 1. The van der Waals surface area contributed by atoms with Crippen LogP contribution in [0.25, 0.3) is 0 Å². The van der Waals surface area contributed by atoms with E-state index in [2.05, 4.69) is 5.32 Å². The summed E-state index contributed by atoms with van der Waals surface area (Å²) in [5.74, 6) is 0.111. The van der Waals surface area contributed by atoms with Crippen molar-refractivity contribution in [3.63, 3.8) is 0 Å². The Kier molecular flexibility index (Phi) is 6.17. The van der Waals surface area contributed by atoms with Gasteiger partial charge in [0.1, 0.15) is 17.5 Å². The average Bonchev–Trinajstić information content (AvgIpc) is 3.64. The lowest BCUT2D eigenvalue weighted by Gasteiger charge is -2.44. The van der Waals surface area contributed by atoms with E-state index in [0.717, 1.165) is 5.56 Å². The van der Waals surface area contributed by atoms with Crippen molar-refractivity contribution in [1.29, 1.82) is 0 Å². The molecule has 0 aliphatic carbocycles. The molecule has 35 heavy (non-hydrogen) atoms. The Bertz CT molecular complexity index is 1200. The second-order valence-electron chi connectivity index (χ2n) is 8.88. The highest BCUT2D eigenvalue weighted by Gasteiger charge is 2.54. The maximum absolute atomic E-state index is 13.8. The second kappa shape index (κ2) is 9.42. The van der Waals surface area contributed by atoms with Gasteiger partial charge in [-0.2, -0.15) is 0 Å². The van der Waals surface area contributed by atoms with E-state index in [-0.39, 0.29) is 36.6 Å². The number of rotatable bonds is 5. The summed E-state index contributed by atoms with van der Waals surface area (Å²) in [4.78, 5) is 43.0. The van der Waals surface area contributed by atoms with Crippen molar-refractivity contribution in [3.8, 4) is 0 Å². The fourth-order valence-corrected chi connectivity index (χ4v) is 4.80. The first-order valence-electron chi connectivity index (χ1n) is 11.6. The van der Waals surface area contributed by atoms with Gasteiger partial charge in [-0.25, -0.2) is 0 Å². The molecule has 1 N–H and O–H groups in total. The number of piperidine rings is 1. The molecule has 2 aliphatic rings. The molecule has 9 nitrogen and oxygen atoms in total. The van der Waals surface area contributed by atoms with E-state index in [1.54, 1.807) is 46.4 Å². The smallest absolute Gasteiger partial charge is 0.289 e. The van der Waals surface area contributed by atoms with Gasteiger partial charge < -0.3 is 23.8 Å². The molecule has 0 unspecified atom stereocenters. The number of furan rings is 2. The summed E-state index contributed by atoms with van der Waals surface area (Å²) >= 11 is 0. The van der Waals surface area contributed by atoms with E-state index < -0.39 is 11.8 Å². The van der Waals surface area contributed by atoms with Gasteiger partial charge in [-0.15, -0.1) is 0 Å². The Morgan fingerprint density at radius 1 is 1.00 bits per heavy atom. The number of carbonyl (C=O) groups excluding carboxylic acids is 3. The molecule has 3 amide bonds. The minimum Gasteiger partial charge on any atom is -0.467 e. The van der Waals surface area contributed by atoms with Crippen molar-refractivity contribution in [2.75, 3.05) is 19.7 Å². The zero-order valence-corrected chi connectivity index (χ0v) is 19.4. The number of likely N-dealkylation sites (tertiary alicyclic amines) is 1. The molecular formula is C26H27N3O6. The van der Waals surface area contributed by atoms with Crippen LogP contribution in [0.5, 0.6) is 0 Å². The van der Waals surface area contributed by atoms with Crippen molar-refractivity contribution < 1.29 is 28.0 Å². The summed E-state index contributed by atoms with van der Waals surface area (Å²) in [7, 11) is 0. The molecule has 2 fully saturated rings. The Labute approximate surface area is 202 Å². The SMILES string of the molecule is Cc1cccc(C(=O)N2[C@H](C(=O)NCc3ccco3)COC23CCN(C(=O)c2ccco2)CC3)c1. The molecule has 2 saturated heterocycles. The quantitative estimate of drug-likeness (QED) is 0.606. The van der Waals surface area contributed by atoms with E-state index in [9.17, 15) is 14.4 Å². The zero-order chi connectivity index (χ0) is 24.4. The number of nitrogens with one attached hydrogen (secondary N) is 1. The monoisotopic (exact) mass is 477 g/mol. The third kappa shape index (κ3) is 4.46. The van der Waals surface area contributed by atoms with Crippen LogP contribution in [0.2, 0.25) is 0 Å². The van der Waals surface area contributed by atoms with Crippen molar-refractivity contribution in [2.45, 2.75) is 38.1 Å². The second-order valence-corrected chi connectivity index (χ2v) is 8.88. The predicted octanol–water partition coefficient (Wildman–Crippen LogP) is 2.97. The molecule has 4 heterocycles. The number of hydrogen-bond donors (Lipinski definition) is 1. The van der Waals surface area contributed by atoms with E-state index in [0.29, 0.717) is 37.3 Å². The summed E-state index contributed by atoms with van der Waals surface area (Å²) < 4.78 is 16.8. The van der Waals surface area contributed by atoms with Crippen LogP contribution >= 0.6 is 0 Å². The highest BCUT2D eigenvalue weighted by atomic mass is 16.5. The molecule has 0 radical (unpaired) electrons. The summed E-state index contributed by atoms with van der Waals surface area (Å²) in [6.45, 7) is 2.95. The summed E-state index contributed by atoms with van der Waals surface area (Å²) in [6, 6.07) is 13.3. The number of carbonyl (C=O) groups is 3. The standard InChI is InChI=1S/C26H27N3O6/c1-18-5-2-6-19(15-18)24(31)29-21(23(30)27-16-20-7-3-13-33-20)17-35-26(29)9-11-28(12-10-26)25(32)22-8-4-14-34-22/h2-8,13-15,21H,9-12,16-17H2,1H3,(H,27,30)/t21-/m0/s1. The minimum atomic E-state index is -0.979. The Hall–Kier alpha value is -3.85. The molecule has 3 aromatic rings. The van der Waals surface area contributed by atoms with Gasteiger partial charge in [0, 0.05) is 31.5 Å². The average molecular weight is 478 g/mol. The van der Waals surface area contributed by atoms with Crippen LogP contribution in [0.15, 0.2) is 69.9 Å². The maximum Gasteiger partial charge on any atom is 0.289 e. The van der Waals surface area contributed by atoms with Gasteiger partial charge in [0.2, 0.25) is 5.91 Å². The highest BCUT2D eigenvalue weighted by molar-refractivity contribution is 5.98. The normalized spacial score (nSPS) is 19.2. The number of benzene rings is 1. The first-order chi connectivity index (χ1) is 17.0. The van der Waals surface area contributed by atoms with Crippen LogP contribution in [-0.4, -0.2) is 59.0 Å². The minimum absolute atomic E-state index is 0.0771. The lowest BCUT2D eigenvalue weighted by atomic mass is 9.96. The van der Waals surface area contributed by atoms with Crippen LogP contribution in [0, 0.1) is 6.92 Å². The van der Waals surface area contributed by atoms with Gasteiger partial charge in [-0.1, -0.05) is 17.7 Å². The fourth-order valence-electron chi connectivity index (χ4n) is 4.80. The Morgan fingerprint density at radius 3 is 2.46 bits per heavy atom. The molecule has 1 spiro atoms. The van der Waals surface area contributed by atoms with Gasteiger partial charge in [0.05, 0.1) is 25.7 Å². The summed E-state index contributed by atoms with van der Waals surface area (Å²) in [6.07, 6.45) is 3.78. The Morgan fingerprint density at radius 2 is 1.77 bits per heavy atom. The van der Waals surface area contributed by atoms with E-state index in [1.165, 1.54) is 6.26 Å². The Balaban J connectivity index is 1.37. The molecule has 2 aromatic heterocycles. The first kappa shape index (κ1) is 22.9. The maximum atomic E-state index is 13.8. The van der Waals surface area contributed by atoms with Crippen molar-refractivity contribution in [2.24, 2.45) is 0 Å². The summed E-state index contributed by atoms with van der Waals surface area (Å²) in [5.41, 5.74) is 0.462. The van der Waals surface area contributed by atoms with E-state index >= 15 is 0 Å². The molecule has 182 valence electrons. The third-order valence-corrected chi connectivity index (χ3v) is 6.63. The first-order valence-corrected chi connectivity index (χ1v) is 11.6. The number of nitrogens with zero attached hydrogens (tertiary/aromatic N) is 2. The molecule has 2 aliphatic heterocycles. The molecule has 5 rings (SSSR count). The van der Waals surface area contributed by atoms with Crippen LogP contribution in [0.4, 0.5) is 0 Å². The largest absolute Gasteiger partial charge is 0.467 e. The molecule has 0 saturated carbocycles. The van der Waals surface area contributed by atoms with Crippen molar-refractivity contribution in [1.82, 2.24) is 15.1 Å². The number of ether oxygens (including phenoxy) is 1. The molecule has 1 atom stereocenters.